The number of oxazole rings is 1. The van der Waals surface area contributed by atoms with Crippen LogP contribution in [0.5, 0.6) is 0 Å². The molecule has 1 amide bonds. The fraction of sp³-hybridized carbons (Fsp3) is 0.312. The highest BCUT2D eigenvalue weighted by atomic mass is 19.1. The molecule has 0 radical (unpaired) electrons. The van der Waals surface area contributed by atoms with Crippen LogP contribution in [0.3, 0.4) is 0 Å². The first-order valence-electron chi connectivity index (χ1n) is 7.27. The van der Waals surface area contributed by atoms with Gasteiger partial charge in [0.15, 0.2) is 5.76 Å². The second-order valence-corrected chi connectivity index (χ2v) is 5.55. The van der Waals surface area contributed by atoms with Gasteiger partial charge in [-0.25, -0.2) is 9.37 Å². The Bertz CT molecular complexity index is 781. The Morgan fingerprint density at radius 2 is 2.39 bits per heavy atom. The zero-order valence-electron chi connectivity index (χ0n) is 12.5. The van der Waals surface area contributed by atoms with Crippen LogP contribution >= 0.6 is 0 Å². The molecule has 23 heavy (non-hydrogen) atoms. The molecule has 3 rings (SSSR count). The molecule has 2 N–H and O–H groups in total. The average molecular weight is 314 g/mol. The van der Waals surface area contributed by atoms with E-state index in [0.717, 1.165) is 6.42 Å². The predicted molar refractivity (Wildman–Crippen MR) is 79.9 cm³/mol. The van der Waals surface area contributed by atoms with Crippen LogP contribution in [0.15, 0.2) is 28.8 Å². The number of aromatic nitrogens is 1. The van der Waals surface area contributed by atoms with Crippen LogP contribution in [-0.2, 0) is 0 Å². The summed E-state index contributed by atoms with van der Waals surface area (Å²) in [4.78, 5) is 16.1. The van der Waals surface area contributed by atoms with Crippen molar-refractivity contribution in [3.63, 3.8) is 0 Å². The highest BCUT2D eigenvalue weighted by Gasteiger charge is 2.24. The summed E-state index contributed by atoms with van der Waals surface area (Å²) in [5, 5.41) is 15.0. The smallest absolute Gasteiger partial charge is 0.307 e. The fourth-order valence-electron chi connectivity index (χ4n) is 2.57. The number of hydrogen-bond donors (Lipinski definition) is 2. The molecule has 0 aliphatic carbocycles. The van der Waals surface area contributed by atoms with Gasteiger partial charge in [0.1, 0.15) is 11.9 Å². The van der Waals surface area contributed by atoms with Crippen LogP contribution in [0.1, 0.15) is 29.6 Å². The minimum Gasteiger partial charge on any atom is -0.432 e. The van der Waals surface area contributed by atoms with E-state index in [4.69, 9.17) is 9.68 Å². The SMILES string of the molecule is C[C@@H]1C[C@@H](NC(=O)c2ncc(-c3ccc(F)c(C#N)c3)o2)CN1. The average Bonchev–Trinajstić information content (AvgIpc) is 3.17. The van der Waals surface area contributed by atoms with Crippen molar-refractivity contribution in [3.05, 3.63) is 41.7 Å². The highest BCUT2D eigenvalue weighted by Crippen LogP contribution is 2.23. The van der Waals surface area contributed by atoms with Crippen LogP contribution in [0.2, 0.25) is 0 Å². The van der Waals surface area contributed by atoms with Gasteiger partial charge < -0.3 is 15.1 Å². The highest BCUT2D eigenvalue weighted by molar-refractivity contribution is 5.90. The fourth-order valence-corrected chi connectivity index (χ4v) is 2.57. The summed E-state index contributed by atoms with van der Waals surface area (Å²) < 4.78 is 18.8. The van der Waals surface area contributed by atoms with Crippen LogP contribution in [0.25, 0.3) is 11.3 Å². The molecule has 118 valence electrons. The zero-order chi connectivity index (χ0) is 16.4. The topological polar surface area (TPSA) is 91.0 Å². The molecule has 2 aromatic rings. The first-order chi connectivity index (χ1) is 11.1. The molecule has 1 aromatic heterocycles. The van der Waals surface area contributed by atoms with Gasteiger partial charge in [0, 0.05) is 24.2 Å². The van der Waals surface area contributed by atoms with Gasteiger partial charge in [-0.05, 0) is 31.5 Å². The minimum atomic E-state index is -0.600. The minimum absolute atomic E-state index is 0.0452. The molecule has 2 atom stereocenters. The van der Waals surface area contributed by atoms with Crippen LogP contribution in [0, 0.1) is 17.1 Å². The predicted octanol–water partition coefficient (Wildman–Crippen LogP) is 1.83. The lowest BCUT2D eigenvalue weighted by Gasteiger charge is -2.09. The Morgan fingerprint density at radius 3 is 3.09 bits per heavy atom. The number of rotatable bonds is 3. The van der Waals surface area contributed by atoms with Gasteiger partial charge in [-0.2, -0.15) is 5.26 Å². The number of nitrogens with zero attached hydrogens (tertiary/aromatic N) is 2. The summed E-state index contributed by atoms with van der Waals surface area (Å²) in [6, 6.07) is 6.19. The molecule has 7 heteroatoms. The van der Waals surface area contributed by atoms with Gasteiger partial charge in [0.05, 0.1) is 11.8 Å². The quantitative estimate of drug-likeness (QED) is 0.902. The van der Waals surface area contributed by atoms with E-state index in [1.54, 1.807) is 6.07 Å². The van der Waals surface area contributed by atoms with E-state index >= 15 is 0 Å². The lowest BCUT2D eigenvalue weighted by molar-refractivity contribution is 0.0905. The molecule has 0 bridgehead atoms. The van der Waals surface area contributed by atoms with Crippen molar-refractivity contribution in [3.8, 4) is 17.4 Å². The second-order valence-electron chi connectivity index (χ2n) is 5.55. The summed E-state index contributed by atoms with van der Waals surface area (Å²) in [5.74, 6) is -0.733. The van der Waals surface area contributed by atoms with Crippen LogP contribution < -0.4 is 10.6 Å². The molecule has 0 unspecified atom stereocenters. The molecule has 0 saturated carbocycles. The van der Waals surface area contributed by atoms with E-state index in [1.807, 2.05) is 0 Å². The number of carbonyl (C=O) groups is 1. The van der Waals surface area contributed by atoms with Gasteiger partial charge in [-0.1, -0.05) is 0 Å². The Hall–Kier alpha value is -2.72. The third kappa shape index (κ3) is 3.22. The molecular formula is C16H15FN4O2. The van der Waals surface area contributed by atoms with Gasteiger partial charge in [-0.15, -0.1) is 0 Å². The molecule has 2 heterocycles. The summed E-state index contributed by atoms with van der Waals surface area (Å²) in [6.07, 6.45) is 2.24. The maximum absolute atomic E-state index is 13.3. The Morgan fingerprint density at radius 1 is 1.57 bits per heavy atom. The number of nitrogens with one attached hydrogen (secondary N) is 2. The van der Waals surface area contributed by atoms with Gasteiger partial charge in [-0.3, -0.25) is 4.79 Å². The normalized spacial score (nSPS) is 20.2. The second kappa shape index (κ2) is 6.18. The van der Waals surface area contributed by atoms with Crippen molar-refractivity contribution in [2.75, 3.05) is 6.54 Å². The van der Waals surface area contributed by atoms with E-state index in [0.29, 0.717) is 23.9 Å². The van der Waals surface area contributed by atoms with E-state index < -0.39 is 5.82 Å². The van der Waals surface area contributed by atoms with Crippen LogP contribution in [0.4, 0.5) is 4.39 Å². The third-order valence-corrected chi connectivity index (χ3v) is 3.76. The number of halogens is 1. The maximum Gasteiger partial charge on any atom is 0.307 e. The van der Waals surface area contributed by atoms with Crippen molar-refractivity contribution in [2.45, 2.75) is 25.4 Å². The molecule has 0 spiro atoms. The van der Waals surface area contributed by atoms with Crippen molar-refractivity contribution < 1.29 is 13.6 Å². The first-order valence-corrected chi connectivity index (χ1v) is 7.27. The van der Waals surface area contributed by atoms with E-state index in [-0.39, 0.29) is 23.4 Å². The van der Waals surface area contributed by atoms with E-state index in [9.17, 15) is 9.18 Å². The molecule has 1 fully saturated rings. The standard InChI is InChI=1S/C16H15FN4O2/c1-9-4-12(7-19-9)21-15(22)16-20-8-14(23-16)10-2-3-13(17)11(5-10)6-18/h2-3,5,8-9,12,19H,4,7H2,1H3,(H,21,22)/t9-,12-/m1/s1. The lowest BCUT2D eigenvalue weighted by atomic mass is 10.1. The number of amides is 1. The Balaban J connectivity index is 1.75. The number of nitriles is 1. The molecule has 1 aliphatic heterocycles. The third-order valence-electron chi connectivity index (χ3n) is 3.76. The van der Waals surface area contributed by atoms with Crippen molar-refractivity contribution >= 4 is 5.91 Å². The summed E-state index contributed by atoms with van der Waals surface area (Å²) in [6.45, 7) is 2.76. The first kappa shape index (κ1) is 15.2. The molecule has 1 saturated heterocycles. The lowest BCUT2D eigenvalue weighted by Crippen LogP contribution is -2.36. The molecule has 1 aromatic carbocycles. The number of carbonyl (C=O) groups excluding carboxylic acids is 1. The summed E-state index contributed by atoms with van der Waals surface area (Å²) in [7, 11) is 0. The van der Waals surface area contributed by atoms with Crippen molar-refractivity contribution in [1.29, 1.82) is 5.26 Å². The van der Waals surface area contributed by atoms with E-state index in [2.05, 4.69) is 22.5 Å². The monoisotopic (exact) mass is 314 g/mol. The number of benzene rings is 1. The maximum atomic E-state index is 13.3. The molecule has 6 nitrogen and oxygen atoms in total. The molecular weight excluding hydrogens is 299 g/mol. The Kier molecular flexibility index (Phi) is 4.08. The molecule has 1 aliphatic rings. The van der Waals surface area contributed by atoms with Crippen molar-refractivity contribution in [2.24, 2.45) is 0 Å². The van der Waals surface area contributed by atoms with Crippen molar-refractivity contribution in [1.82, 2.24) is 15.6 Å². The summed E-state index contributed by atoms with van der Waals surface area (Å²) in [5.41, 5.74) is 0.404. The number of hydrogen-bond acceptors (Lipinski definition) is 5. The largest absolute Gasteiger partial charge is 0.432 e. The van der Waals surface area contributed by atoms with Gasteiger partial charge >= 0.3 is 5.91 Å². The summed E-state index contributed by atoms with van der Waals surface area (Å²) >= 11 is 0. The van der Waals surface area contributed by atoms with Gasteiger partial charge in [0.2, 0.25) is 0 Å². The van der Waals surface area contributed by atoms with E-state index in [1.165, 1.54) is 24.4 Å². The Labute approximate surface area is 132 Å². The zero-order valence-corrected chi connectivity index (χ0v) is 12.5. The van der Waals surface area contributed by atoms with Crippen LogP contribution in [-0.4, -0.2) is 29.5 Å². The van der Waals surface area contributed by atoms with Gasteiger partial charge in [0.25, 0.3) is 5.89 Å².